The Balaban J connectivity index is 1.77. The number of ether oxygens (including phenoxy) is 1. The van der Waals surface area contributed by atoms with Gasteiger partial charge in [-0.05, 0) is 36.9 Å². The van der Waals surface area contributed by atoms with E-state index in [-0.39, 0.29) is 0 Å². The summed E-state index contributed by atoms with van der Waals surface area (Å²) in [5.41, 5.74) is 1.31. The van der Waals surface area contributed by atoms with Crippen LogP contribution in [0.3, 0.4) is 0 Å². The second kappa shape index (κ2) is 3.11. The summed E-state index contributed by atoms with van der Waals surface area (Å²) in [5.74, 6) is 2.39. The van der Waals surface area contributed by atoms with Crippen LogP contribution in [0.25, 0.3) is 0 Å². The summed E-state index contributed by atoms with van der Waals surface area (Å²) in [6.07, 6.45) is 1.99. The van der Waals surface area contributed by atoms with Gasteiger partial charge >= 0.3 is 0 Å². The molecule has 0 amide bonds. The molecule has 0 bridgehead atoms. The van der Waals surface area contributed by atoms with Crippen molar-refractivity contribution in [1.82, 2.24) is 10.3 Å². The number of aromatic amines is 1. The van der Waals surface area contributed by atoms with Crippen LogP contribution in [0.2, 0.25) is 0 Å². The predicted octanol–water partition coefficient (Wildman–Crippen LogP) is 1.17. The Morgan fingerprint density at radius 1 is 1.50 bits per heavy atom. The van der Waals surface area contributed by atoms with Crippen molar-refractivity contribution >= 4 is 0 Å². The van der Waals surface area contributed by atoms with Crippen molar-refractivity contribution < 1.29 is 4.74 Å². The maximum atomic E-state index is 5.41. The third-order valence-electron chi connectivity index (χ3n) is 3.67. The topological polar surface area (TPSA) is 37.0 Å². The zero-order valence-electron chi connectivity index (χ0n) is 8.36. The van der Waals surface area contributed by atoms with Crippen LogP contribution in [-0.4, -0.2) is 25.2 Å². The number of aromatic nitrogens is 1. The molecule has 1 aromatic rings. The van der Waals surface area contributed by atoms with Gasteiger partial charge in [0.05, 0.1) is 19.3 Å². The predicted molar refractivity (Wildman–Crippen MR) is 53.9 cm³/mol. The fourth-order valence-electron chi connectivity index (χ4n) is 2.87. The van der Waals surface area contributed by atoms with Gasteiger partial charge in [0.25, 0.3) is 0 Å². The van der Waals surface area contributed by atoms with E-state index in [0.717, 1.165) is 31.0 Å². The minimum atomic E-state index is 0.490. The molecule has 14 heavy (non-hydrogen) atoms. The molecule has 2 heterocycles. The molecule has 3 unspecified atom stereocenters. The maximum absolute atomic E-state index is 5.41. The third-order valence-corrected chi connectivity index (χ3v) is 3.67. The van der Waals surface area contributed by atoms with Crippen LogP contribution >= 0.6 is 0 Å². The first-order chi connectivity index (χ1) is 6.92. The second-order valence-electron chi connectivity index (χ2n) is 4.33. The molecule has 2 fully saturated rings. The Kier molecular flexibility index (Phi) is 1.89. The second-order valence-corrected chi connectivity index (χ2v) is 4.33. The standard InChI is InChI=1S/C11H16N2O/c1-12-11(9-3-2-4-13-9)10-7-5-14-6-8(7)10/h2-4,7-8,10-13H,5-6H2,1H3. The summed E-state index contributed by atoms with van der Waals surface area (Å²) in [7, 11) is 2.04. The number of H-pyrrole nitrogens is 1. The van der Waals surface area contributed by atoms with E-state index in [1.807, 2.05) is 13.2 Å². The molecular formula is C11H16N2O. The molecule has 3 heteroatoms. The van der Waals surface area contributed by atoms with E-state index < -0.39 is 0 Å². The normalized spacial score (nSPS) is 36.8. The van der Waals surface area contributed by atoms with Crippen molar-refractivity contribution in [3.05, 3.63) is 24.0 Å². The average molecular weight is 192 g/mol. The monoisotopic (exact) mass is 192 g/mol. The molecular weight excluding hydrogens is 176 g/mol. The Hall–Kier alpha value is -0.800. The summed E-state index contributed by atoms with van der Waals surface area (Å²) >= 11 is 0. The van der Waals surface area contributed by atoms with Gasteiger partial charge in [0.1, 0.15) is 0 Å². The molecule has 1 aromatic heterocycles. The molecule has 2 aliphatic rings. The highest BCUT2D eigenvalue weighted by molar-refractivity contribution is 5.17. The average Bonchev–Trinajstić information content (AvgIpc) is 2.67. The van der Waals surface area contributed by atoms with Crippen molar-refractivity contribution in [3.8, 4) is 0 Å². The smallest absolute Gasteiger partial charge is 0.0506 e. The molecule has 0 spiro atoms. The van der Waals surface area contributed by atoms with Gasteiger partial charge < -0.3 is 15.0 Å². The lowest BCUT2D eigenvalue weighted by Crippen LogP contribution is -2.22. The number of fused-ring (bicyclic) bond motifs is 1. The molecule has 3 nitrogen and oxygen atoms in total. The summed E-state index contributed by atoms with van der Waals surface area (Å²) < 4.78 is 5.41. The molecule has 3 rings (SSSR count). The summed E-state index contributed by atoms with van der Waals surface area (Å²) in [6.45, 7) is 1.93. The van der Waals surface area contributed by atoms with Crippen molar-refractivity contribution in [3.63, 3.8) is 0 Å². The first kappa shape index (κ1) is 8.50. The van der Waals surface area contributed by atoms with Crippen LogP contribution in [0.4, 0.5) is 0 Å². The van der Waals surface area contributed by atoms with E-state index in [0.29, 0.717) is 6.04 Å². The molecule has 0 radical (unpaired) electrons. The van der Waals surface area contributed by atoms with Crippen molar-refractivity contribution in [2.24, 2.45) is 17.8 Å². The maximum Gasteiger partial charge on any atom is 0.0506 e. The van der Waals surface area contributed by atoms with E-state index in [4.69, 9.17) is 4.74 Å². The molecule has 1 saturated heterocycles. The lowest BCUT2D eigenvalue weighted by Gasteiger charge is -2.16. The molecule has 1 aliphatic heterocycles. The van der Waals surface area contributed by atoms with E-state index in [1.54, 1.807) is 0 Å². The number of hydrogen-bond donors (Lipinski definition) is 2. The van der Waals surface area contributed by atoms with E-state index in [1.165, 1.54) is 5.69 Å². The quantitative estimate of drug-likeness (QED) is 0.754. The van der Waals surface area contributed by atoms with Crippen LogP contribution in [-0.2, 0) is 4.74 Å². The van der Waals surface area contributed by atoms with Gasteiger partial charge in [0.15, 0.2) is 0 Å². The first-order valence-corrected chi connectivity index (χ1v) is 5.30. The Labute approximate surface area is 83.8 Å². The van der Waals surface area contributed by atoms with Crippen LogP contribution < -0.4 is 5.32 Å². The van der Waals surface area contributed by atoms with Crippen LogP contribution in [0.5, 0.6) is 0 Å². The summed E-state index contributed by atoms with van der Waals surface area (Å²) in [4.78, 5) is 3.30. The van der Waals surface area contributed by atoms with Crippen molar-refractivity contribution in [1.29, 1.82) is 0 Å². The Bertz CT molecular complexity index is 299. The zero-order chi connectivity index (χ0) is 9.54. The minimum Gasteiger partial charge on any atom is -0.381 e. The molecule has 0 aromatic carbocycles. The van der Waals surface area contributed by atoms with Crippen molar-refractivity contribution in [2.45, 2.75) is 6.04 Å². The van der Waals surface area contributed by atoms with E-state index in [9.17, 15) is 0 Å². The molecule has 1 saturated carbocycles. The van der Waals surface area contributed by atoms with Gasteiger partial charge in [0, 0.05) is 11.9 Å². The number of nitrogens with one attached hydrogen (secondary N) is 2. The molecule has 2 N–H and O–H groups in total. The fraction of sp³-hybridized carbons (Fsp3) is 0.636. The van der Waals surface area contributed by atoms with Crippen LogP contribution in [0, 0.1) is 17.8 Å². The number of rotatable bonds is 3. The van der Waals surface area contributed by atoms with E-state index in [2.05, 4.69) is 22.4 Å². The highest BCUT2D eigenvalue weighted by Gasteiger charge is 2.57. The van der Waals surface area contributed by atoms with Gasteiger partial charge in [-0.2, -0.15) is 0 Å². The molecule has 1 aliphatic carbocycles. The first-order valence-electron chi connectivity index (χ1n) is 5.30. The fourth-order valence-corrected chi connectivity index (χ4v) is 2.87. The number of hydrogen-bond acceptors (Lipinski definition) is 2. The molecule has 76 valence electrons. The largest absolute Gasteiger partial charge is 0.381 e. The van der Waals surface area contributed by atoms with Gasteiger partial charge in [0.2, 0.25) is 0 Å². The van der Waals surface area contributed by atoms with E-state index >= 15 is 0 Å². The third kappa shape index (κ3) is 1.12. The van der Waals surface area contributed by atoms with Crippen LogP contribution in [0.15, 0.2) is 18.3 Å². The highest BCUT2D eigenvalue weighted by atomic mass is 16.5. The minimum absolute atomic E-state index is 0.490. The Morgan fingerprint density at radius 3 is 2.86 bits per heavy atom. The SMILES string of the molecule is CNC(c1ccc[nH]1)C1C2COCC21. The van der Waals surface area contributed by atoms with Gasteiger partial charge in [-0.1, -0.05) is 0 Å². The Morgan fingerprint density at radius 2 is 2.29 bits per heavy atom. The lowest BCUT2D eigenvalue weighted by molar-refractivity contribution is 0.143. The lowest BCUT2D eigenvalue weighted by atomic mass is 10.1. The van der Waals surface area contributed by atoms with Gasteiger partial charge in [-0.15, -0.1) is 0 Å². The highest BCUT2D eigenvalue weighted by Crippen LogP contribution is 2.56. The molecule has 3 atom stereocenters. The zero-order valence-corrected chi connectivity index (χ0v) is 8.36. The summed E-state index contributed by atoms with van der Waals surface area (Å²) in [6, 6.07) is 4.72. The van der Waals surface area contributed by atoms with Crippen LogP contribution in [0.1, 0.15) is 11.7 Å². The van der Waals surface area contributed by atoms with Gasteiger partial charge in [-0.3, -0.25) is 0 Å². The van der Waals surface area contributed by atoms with Crippen molar-refractivity contribution in [2.75, 3.05) is 20.3 Å². The van der Waals surface area contributed by atoms with Gasteiger partial charge in [-0.25, -0.2) is 0 Å². The summed E-state index contributed by atoms with van der Waals surface area (Å²) in [5, 5.41) is 3.41.